The van der Waals surface area contributed by atoms with E-state index < -0.39 is 47.5 Å². The number of nitrogen functional groups attached to an aromatic ring is 1. The number of alkyl halides is 3. The van der Waals surface area contributed by atoms with Crippen molar-refractivity contribution in [1.29, 1.82) is 0 Å². The van der Waals surface area contributed by atoms with Crippen LogP contribution < -0.4 is 31.2 Å². The van der Waals surface area contributed by atoms with E-state index in [1.165, 1.54) is 6.07 Å². The Kier molecular flexibility index (Phi) is 12.9. The molecule has 5 N–H and O–H groups in total. The van der Waals surface area contributed by atoms with Gasteiger partial charge in [-0.3, -0.25) is 34.2 Å². The van der Waals surface area contributed by atoms with Gasteiger partial charge in [0.05, 0.1) is 42.0 Å². The Labute approximate surface area is 397 Å². The number of amides is 5. The number of ether oxygens (including phenoxy) is 2. The molecule has 366 valence electrons. The molecule has 3 aromatic carbocycles. The van der Waals surface area contributed by atoms with Crippen LogP contribution >= 0.6 is 0 Å². The number of benzene rings is 3. The van der Waals surface area contributed by atoms with Crippen molar-refractivity contribution in [1.82, 2.24) is 30.0 Å². The lowest BCUT2D eigenvalue weighted by atomic mass is 9.87. The largest absolute Gasteiger partial charge is 0.493 e. The second-order valence-electron chi connectivity index (χ2n) is 19.5. The fourth-order valence-corrected chi connectivity index (χ4v) is 10.6. The molecule has 0 bridgehead atoms. The van der Waals surface area contributed by atoms with Crippen LogP contribution in [0.3, 0.4) is 0 Å². The number of aryl methyl sites for hydroxylation is 1. The van der Waals surface area contributed by atoms with Gasteiger partial charge >= 0.3 is 6.18 Å². The minimum Gasteiger partial charge on any atom is -0.493 e. The zero-order valence-corrected chi connectivity index (χ0v) is 39.2. The standard InChI is InChI=1S/C50H58F3N9O7/c1-27(30-20-31(50(51,52)53)22-32(54)21-30)55-44-36-23-41(40(68-4)24-38(36)56-28(2)57-44)69-26-49(16-17-49)25-60(3)46(65)29-14-18-61(19-15-29)34-10-8-33(9-11-34)58-37-7-5-6-35-43(37)48(67)62(47(35)66)39-12-13-42(63)59-45(39)64/h5-7,20-24,27,29,33-34,39,58H,8-19,25-26,54H2,1-4H3,(H,55,56,57)(H,59,63,64)/t27?,33-,34-,39?. The molecule has 2 unspecified atom stereocenters. The minimum absolute atomic E-state index is 0.00486. The number of hydrogen-bond donors (Lipinski definition) is 4. The summed E-state index contributed by atoms with van der Waals surface area (Å²) in [5.41, 5.74) is 6.83. The van der Waals surface area contributed by atoms with E-state index in [4.69, 9.17) is 15.2 Å². The molecule has 4 fully saturated rings. The molecule has 2 aliphatic carbocycles. The number of imide groups is 2. The molecule has 9 rings (SSSR count). The second-order valence-corrected chi connectivity index (χ2v) is 19.5. The molecule has 4 heterocycles. The van der Waals surface area contributed by atoms with Crippen LogP contribution in [-0.4, -0.2) is 113 Å². The van der Waals surface area contributed by atoms with Crippen LogP contribution in [0.2, 0.25) is 0 Å². The summed E-state index contributed by atoms with van der Waals surface area (Å²) in [5, 5.41) is 9.64. The third-order valence-electron chi connectivity index (χ3n) is 14.6. The van der Waals surface area contributed by atoms with Gasteiger partial charge in [0.15, 0.2) is 11.5 Å². The lowest BCUT2D eigenvalue weighted by molar-refractivity contribution is -0.138. The van der Waals surface area contributed by atoms with E-state index in [1.807, 2.05) is 11.9 Å². The highest BCUT2D eigenvalue weighted by molar-refractivity contribution is 6.25. The molecule has 2 atom stereocenters. The maximum absolute atomic E-state index is 13.9. The number of halogens is 3. The predicted molar refractivity (Wildman–Crippen MR) is 251 cm³/mol. The number of carbonyl (C=O) groups is 5. The van der Waals surface area contributed by atoms with Gasteiger partial charge in [-0.25, -0.2) is 9.97 Å². The van der Waals surface area contributed by atoms with Gasteiger partial charge in [-0.05, 0) is 127 Å². The van der Waals surface area contributed by atoms with Crippen molar-refractivity contribution in [2.45, 2.75) is 108 Å². The van der Waals surface area contributed by atoms with E-state index in [9.17, 15) is 37.1 Å². The van der Waals surface area contributed by atoms with Gasteiger partial charge in [-0.15, -0.1) is 0 Å². The lowest BCUT2D eigenvalue weighted by Crippen LogP contribution is -2.54. The molecule has 4 aromatic rings. The molecule has 0 spiro atoms. The number of rotatable bonds is 14. The monoisotopic (exact) mass is 953 g/mol. The van der Waals surface area contributed by atoms with E-state index in [-0.39, 0.29) is 52.9 Å². The Hall–Kier alpha value is -6.50. The van der Waals surface area contributed by atoms with Crippen LogP contribution in [0.5, 0.6) is 11.5 Å². The Morgan fingerprint density at radius 3 is 2.39 bits per heavy atom. The van der Waals surface area contributed by atoms with Crippen molar-refractivity contribution in [2.75, 3.05) is 56.8 Å². The second kappa shape index (κ2) is 18.8. The maximum atomic E-state index is 13.9. The summed E-state index contributed by atoms with van der Waals surface area (Å²) in [7, 11) is 3.41. The maximum Gasteiger partial charge on any atom is 0.416 e. The number of aromatic nitrogens is 2. The van der Waals surface area contributed by atoms with Gasteiger partial charge in [-0.1, -0.05) is 6.07 Å². The number of nitrogens with zero attached hydrogens (tertiary/aromatic N) is 5. The Morgan fingerprint density at radius 2 is 1.71 bits per heavy atom. The Morgan fingerprint density at radius 1 is 0.971 bits per heavy atom. The molecule has 1 aromatic heterocycles. The minimum atomic E-state index is -4.55. The van der Waals surface area contributed by atoms with Gasteiger partial charge in [0.2, 0.25) is 17.7 Å². The van der Waals surface area contributed by atoms with Crippen molar-refractivity contribution in [2.24, 2.45) is 11.3 Å². The molecule has 3 aliphatic heterocycles. The highest BCUT2D eigenvalue weighted by Crippen LogP contribution is 2.48. The van der Waals surface area contributed by atoms with Gasteiger partial charge in [0.1, 0.15) is 17.7 Å². The van der Waals surface area contributed by atoms with Crippen LogP contribution in [-0.2, 0) is 20.6 Å². The van der Waals surface area contributed by atoms with Crippen molar-refractivity contribution in [3.8, 4) is 11.5 Å². The van der Waals surface area contributed by atoms with Crippen molar-refractivity contribution in [3.05, 3.63) is 76.6 Å². The molecule has 2 saturated heterocycles. The van der Waals surface area contributed by atoms with E-state index in [2.05, 4.69) is 30.8 Å². The summed E-state index contributed by atoms with van der Waals surface area (Å²) < 4.78 is 53.0. The van der Waals surface area contributed by atoms with Gasteiger partial charge in [-0.2, -0.15) is 13.2 Å². The van der Waals surface area contributed by atoms with E-state index in [0.717, 1.165) is 81.5 Å². The number of anilines is 3. The van der Waals surface area contributed by atoms with Crippen LogP contribution in [0.25, 0.3) is 10.9 Å². The SMILES string of the molecule is COc1cc2nc(C)nc(NC(C)c3cc(N)cc(C(F)(F)F)c3)c2cc1OCC1(CN(C)C(=O)C2CCN([C@H]3CC[C@H](Nc4cccc5c4C(=O)N(C4CCC(=O)NC4=O)C5=O)CC3)CC2)CC1. The number of likely N-dealkylation sites (tertiary alicyclic amines) is 1. The van der Waals surface area contributed by atoms with Crippen molar-refractivity contribution in [3.63, 3.8) is 0 Å². The van der Waals surface area contributed by atoms with Crippen LogP contribution in [0.15, 0.2) is 48.5 Å². The predicted octanol–water partition coefficient (Wildman–Crippen LogP) is 6.87. The Bertz CT molecular complexity index is 2700. The highest BCUT2D eigenvalue weighted by atomic mass is 19.4. The fourth-order valence-electron chi connectivity index (χ4n) is 10.6. The molecular weight excluding hydrogens is 896 g/mol. The first-order chi connectivity index (χ1) is 32.9. The fraction of sp³-hybridized carbons (Fsp3) is 0.500. The van der Waals surface area contributed by atoms with E-state index >= 15 is 0 Å². The zero-order valence-electron chi connectivity index (χ0n) is 39.2. The van der Waals surface area contributed by atoms with Crippen LogP contribution in [0.4, 0.5) is 30.4 Å². The smallest absolute Gasteiger partial charge is 0.416 e. The molecular formula is C50H58F3N9O7. The summed E-state index contributed by atoms with van der Waals surface area (Å²) in [6.07, 6.45) is 2.58. The average molecular weight is 954 g/mol. The highest BCUT2D eigenvalue weighted by Gasteiger charge is 2.47. The van der Waals surface area contributed by atoms with Crippen molar-refractivity contribution < 1.29 is 46.6 Å². The first-order valence-corrected chi connectivity index (χ1v) is 23.7. The topological polar surface area (TPSA) is 201 Å². The number of piperidine rings is 2. The summed E-state index contributed by atoms with van der Waals surface area (Å²) in [4.78, 5) is 79.7. The van der Waals surface area contributed by atoms with Crippen molar-refractivity contribution >= 4 is 57.6 Å². The van der Waals surface area contributed by atoms with Gasteiger partial charge < -0.3 is 35.6 Å². The van der Waals surface area contributed by atoms with Gasteiger partial charge in [0.25, 0.3) is 11.8 Å². The molecule has 0 radical (unpaired) electrons. The van der Waals surface area contributed by atoms with Crippen LogP contribution in [0.1, 0.15) is 115 Å². The van der Waals surface area contributed by atoms with E-state index in [1.54, 1.807) is 51.3 Å². The summed E-state index contributed by atoms with van der Waals surface area (Å²) in [6, 6.07) is 11.0. The summed E-state index contributed by atoms with van der Waals surface area (Å²) in [5.74, 6) is -0.237. The molecule has 5 amide bonds. The molecule has 19 heteroatoms. The average Bonchev–Trinajstić information content (AvgIpc) is 4.04. The third-order valence-corrected chi connectivity index (χ3v) is 14.6. The summed E-state index contributed by atoms with van der Waals surface area (Å²) >= 11 is 0. The van der Waals surface area contributed by atoms with E-state index in [0.29, 0.717) is 64.5 Å². The number of hydrogen-bond acceptors (Lipinski definition) is 13. The summed E-state index contributed by atoms with van der Waals surface area (Å²) in [6.45, 7) is 6.02. The first kappa shape index (κ1) is 47.6. The molecule has 69 heavy (non-hydrogen) atoms. The number of methoxy groups -OCH3 is 1. The molecule has 16 nitrogen and oxygen atoms in total. The first-order valence-electron chi connectivity index (χ1n) is 23.7. The molecule has 5 aliphatic rings. The van der Waals surface area contributed by atoms with Gasteiger partial charge in [0, 0.05) is 66.3 Å². The molecule has 2 saturated carbocycles. The quantitative estimate of drug-likeness (QED) is 0.0754. The number of nitrogens with one attached hydrogen (secondary N) is 3. The van der Waals surface area contributed by atoms with Crippen LogP contribution in [0, 0.1) is 18.3 Å². The lowest BCUT2D eigenvalue weighted by Gasteiger charge is -2.41. The number of fused-ring (bicyclic) bond motifs is 2. The third kappa shape index (κ3) is 9.87. The number of carbonyl (C=O) groups excluding carboxylic acids is 5. The Balaban J connectivity index is 0.764. The number of nitrogens with two attached hydrogens (primary N) is 1. The normalized spacial score (nSPS) is 22.2. The zero-order chi connectivity index (χ0) is 48.9.